The standard InChI is InChI=1S/C44H34N2/c1-3-15-31(16-4-1)45(33-25-26-36-35-20-9-10-23-39(35)46(41(36)28-33)32-17-5-2-6-18-32)40-24-12-22-38-43(40)37-21-11-14-30-27-29-13-7-8-19-34(29)44(38)42(30)37/h2-3,5-15,17-27,31,33H,1,4,16,28H2. The molecule has 2 heteroatoms. The van der Waals surface area contributed by atoms with Crippen LogP contribution in [0.25, 0.3) is 66.5 Å². The number of anilines is 1. The summed E-state index contributed by atoms with van der Waals surface area (Å²) in [6, 6.07) is 45.6. The van der Waals surface area contributed by atoms with Crippen LogP contribution in [-0.4, -0.2) is 16.7 Å². The van der Waals surface area contributed by atoms with Crippen LogP contribution >= 0.6 is 0 Å². The molecule has 0 bridgehead atoms. The predicted octanol–water partition coefficient (Wildman–Crippen LogP) is 11.1. The van der Waals surface area contributed by atoms with Crippen LogP contribution in [0.1, 0.15) is 30.5 Å². The SMILES string of the molecule is C1=CC(N(c2cccc3c2-c2cccc4cc5ccccc5c-3c24)C2C=Cc3c(n(-c4ccccc4)c4ccccc34)C2)CCC1. The number of para-hydroxylation sites is 2. The Morgan fingerprint density at radius 2 is 1.41 bits per heavy atom. The molecule has 2 atom stereocenters. The van der Waals surface area contributed by atoms with Gasteiger partial charge in [0.05, 0.1) is 11.6 Å². The summed E-state index contributed by atoms with van der Waals surface area (Å²) in [6.07, 6.45) is 14.3. The second-order valence-corrected chi connectivity index (χ2v) is 13.1. The van der Waals surface area contributed by atoms with Crippen molar-refractivity contribution in [1.29, 1.82) is 0 Å². The van der Waals surface area contributed by atoms with Crippen LogP contribution in [0.2, 0.25) is 0 Å². The molecule has 6 aromatic carbocycles. The van der Waals surface area contributed by atoms with Gasteiger partial charge in [0.15, 0.2) is 0 Å². The molecule has 10 rings (SSSR count). The number of fused-ring (bicyclic) bond motifs is 8. The minimum Gasteiger partial charge on any atom is -0.358 e. The van der Waals surface area contributed by atoms with E-state index >= 15 is 0 Å². The highest BCUT2D eigenvalue weighted by molar-refractivity contribution is 6.25. The van der Waals surface area contributed by atoms with Crippen LogP contribution in [0.4, 0.5) is 5.69 Å². The molecule has 220 valence electrons. The van der Waals surface area contributed by atoms with Gasteiger partial charge in [-0.05, 0) is 87.8 Å². The second kappa shape index (κ2) is 10.1. The van der Waals surface area contributed by atoms with Crippen LogP contribution in [0.5, 0.6) is 0 Å². The Morgan fingerprint density at radius 1 is 0.630 bits per heavy atom. The topological polar surface area (TPSA) is 8.17 Å². The molecule has 0 radical (unpaired) electrons. The Morgan fingerprint density at radius 3 is 2.30 bits per heavy atom. The lowest BCUT2D eigenvalue weighted by Gasteiger charge is -2.41. The minimum atomic E-state index is 0.221. The van der Waals surface area contributed by atoms with Crippen molar-refractivity contribution in [3.05, 3.63) is 151 Å². The molecule has 0 N–H and O–H groups in total. The Balaban J connectivity index is 1.19. The molecule has 3 aliphatic rings. The average Bonchev–Trinajstić information content (AvgIpc) is 3.64. The van der Waals surface area contributed by atoms with Crippen LogP contribution in [0, 0.1) is 0 Å². The molecule has 7 aromatic rings. The van der Waals surface area contributed by atoms with E-state index in [4.69, 9.17) is 0 Å². The molecule has 46 heavy (non-hydrogen) atoms. The Labute approximate surface area is 269 Å². The average molecular weight is 591 g/mol. The van der Waals surface area contributed by atoms with Crippen LogP contribution in [-0.2, 0) is 6.42 Å². The van der Waals surface area contributed by atoms with Crippen LogP contribution < -0.4 is 4.90 Å². The molecule has 0 amide bonds. The number of hydrogen-bond acceptors (Lipinski definition) is 1. The third-order valence-electron chi connectivity index (χ3n) is 10.6. The molecule has 0 saturated heterocycles. The molecule has 2 unspecified atom stereocenters. The van der Waals surface area contributed by atoms with Crippen molar-refractivity contribution in [1.82, 2.24) is 4.57 Å². The molecule has 0 spiro atoms. The van der Waals surface area contributed by atoms with E-state index in [9.17, 15) is 0 Å². The molecule has 0 saturated carbocycles. The number of aromatic nitrogens is 1. The highest BCUT2D eigenvalue weighted by Crippen LogP contribution is 2.54. The van der Waals surface area contributed by atoms with Gasteiger partial charge in [0.25, 0.3) is 0 Å². The minimum absolute atomic E-state index is 0.221. The van der Waals surface area contributed by atoms with Crippen molar-refractivity contribution in [2.24, 2.45) is 0 Å². The first-order valence-electron chi connectivity index (χ1n) is 16.7. The summed E-state index contributed by atoms with van der Waals surface area (Å²) in [6.45, 7) is 0. The van der Waals surface area contributed by atoms with Crippen LogP contribution in [0.15, 0.2) is 140 Å². The van der Waals surface area contributed by atoms with Crippen molar-refractivity contribution in [2.45, 2.75) is 37.8 Å². The highest BCUT2D eigenvalue weighted by atomic mass is 15.2. The smallest absolute Gasteiger partial charge is 0.0537 e. The summed E-state index contributed by atoms with van der Waals surface area (Å²) in [5.74, 6) is 0. The zero-order chi connectivity index (χ0) is 30.2. The van der Waals surface area contributed by atoms with Crippen molar-refractivity contribution in [3.63, 3.8) is 0 Å². The van der Waals surface area contributed by atoms with E-state index in [1.165, 1.54) is 96.6 Å². The van der Waals surface area contributed by atoms with E-state index in [0.29, 0.717) is 6.04 Å². The third-order valence-corrected chi connectivity index (χ3v) is 10.6. The lowest BCUT2D eigenvalue weighted by atomic mass is 9.91. The van der Waals surface area contributed by atoms with Gasteiger partial charge in [-0.2, -0.15) is 0 Å². The van der Waals surface area contributed by atoms with Gasteiger partial charge in [0.1, 0.15) is 0 Å². The predicted molar refractivity (Wildman–Crippen MR) is 195 cm³/mol. The zero-order valence-corrected chi connectivity index (χ0v) is 25.7. The molecule has 0 fully saturated rings. The summed E-state index contributed by atoms with van der Waals surface area (Å²) >= 11 is 0. The van der Waals surface area contributed by atoms with E-state index in [1.807, 2.05) is 0 Å². The van der Waals surface area contributed by atoms with Gasteiger partial charge >= 0.3 is 0 Å². The number of rotatable bonds is 4. The van der Waals surface area contributed by atoms with Gasteiger partial charge < -0.3 is 9.47 Å². The van der Waals surface area contributed by atoms with E-state index in [0.717, 1.165) is 6.42 Å². The molecule has 1 heterocycles. The highest BCUT2D eigenvalue weighted by Gasteiger charge is 2.34. The monoisotopic (exact) mass is 590 g/mol. The van der Waals surface area contributed by atoms with Gasteiger partial charge in [0.2, 0.25) is 0 Å². The summed E-state index contributed by atoms with van der Waals surface area (Å²) in [5, 5.41) is 6.70. The number of allylic oxidation sites excluding steroid dienone is 1. The van der Waals surface area contributed by atoms with Gasteiger partial charge in [0, 0.05) is 46.0 Å². The molecular weight excluding hydrogens is 556 g/mol. The lowest BCUT2D eigenvalue weighted by molar-refractivity contribution is 0.544. The summed E-state index contributed by atoms with van der Waals surface area (Å²) in [5.41, 5.74) is 12.1. The van der Waals surface area contributed by atoms with Crippen LogP contribution in [0.3, 0.4) is 0 Å². The van der Waals surface area contributed by atoms with E-state index in [-0.39, 0.29) is 6.04 Å². The molecule has 0 aliphatic heterocycles. The first kappa shape index (κ1) is 25.9. The van der Waals surface area contributed by atoms with Gasteiger partial charge in [-0.3, -0.25) is 0 Å². The largest absolute Gasteiger partial charge is 0.358 e. The number of benzene rings is 6. The maximum atomic E-state index is 2.77. The first-order valence-corrected chi connectivity index (χ1v) is 16.7. The van der Waals surface area contributed by atoms with Crippen molar-refractivity contribution in [3.8, 4) is 27.9 Å². The van der Waals surface area contributed by atoms with E-state index in [2.05, 4.69) is 155 Å². The summed E-state index contributed by atoms with van der Waals surface area (Å²) < 4.78 is 2.51. The van der Waals surface area contributed by atoms with E-state index in [1.54, 1.807) is 0 Å². The quantitative estimate of drug-likeness (QED) is 0.146. The Bertz CT molecular complexity index is 2390. The van der Waals surface area contributed by atoms with Crippen molar-refractivity contribution >= 4 is 44.2 Å². The molecule has 1 aromatic heterocycles. The first-order chi connectivity index (χ1) is 22.8. The Hall–Kier alpha value is -5.34. The van der Waals surface area contributed by atoms with Gasteiger partial charge in [-0.25, -0.2) is 0 Å². The van der Waals surface area contributed by atoms with Gasteiger partial charge in [-0.15, -0.1) is 0 Å². The maximum Gasteiger partial charge on any atom is 0.0537 e. The second-order valence-electron chi connectivity index (χ2n) is 13.1. The van der Waals surface area contributed by atoms with Crippen molar-refractivity contribution in [2.75, 3.05) is 4.90 Å². The van der Waals surface area contributed by atoms with Crippen molar-refractivity contribution < 1.29 is 0 Å². The fourth-order valence-electron chi connectivity index (χ4n) is 8.73. The fraction of sp³-hybridized carbons (Fsp3) is 0.136. The third kappa shape index (κ3) is 3.70. The molecule has 3 aliphatic carbocycles. The fourth-order valence-corrected chi connectivity index (χ4v) is 8.73. The van der Waals surface area contributed by atoms with E-state index < -0.39 is 0 Å². The lowest BCUT2D eigenvalue weighted by Crippen LogP contribution is -2.44. The number of hydrogen-bond donors (Lipinski definition) is 0. The summed E-state index contributed by atoms with van der Waals surface area (Å²) in [7, 11) is 0. The molecule has 2 nitrogen and oxygen atoms in total. The maximum absolute atomic E-state index is 2.77. The normalized spacial score (nSPS) is 17.9. The Kier molecular flexibility index (Phi) is 5.69. The summed E-state index contributed by atoms with van der Waals surface area (Å²) in [4.78, 5) is 2.77. The number of nitrogens with zero attached hydrogens (tertiary/aromatic N) is 2. The zero-order valence-electron chi connectivity index (χ0n) is 25.7. The van der Waals surface area contributed by atoms with Gasteiger partial charge in [-0.1, -0.05) is 115 Å². The molecular formula is C44H34N2.